The Morgan fingerprint density at radius 2 is 1.20 bits per heavy atom. The van der Waals surface area contributed by atoms with Crippen molar-refractivity contribution in [3.63, 3.8) is 0 Å². The maximum Gasteiger partial charge on any atom is 0.130 e. The minimum absolute atomic E-state index is 0.314. The van der Waals surface area contributed by atoms with Crippen LogP contribution in [0, 0.1) is 0 Å². The number of rotatable bonds is 5. The molecule has 0 bridgehead atoms. The first-order chi connectivity index (χ1) is 12.4. The molecule has 0 radical (unpaired) electrons. The van der Waals surface area contributed by atoms with Crippen molar-refractivity contribution in [3.05, 3.63) is 84.9 Å². The first kappa shape index (κ1) is 16.0. The van der Waals surface area contributed by atoms with Crippen molar-refractivity contribution in [2.45, 2.75) is 0 Å². The molecular weight excluding hydrogens is 344 g/mol. The summed E-state index contributed by atoms with van der Waals surface area (Å²) in [4.78, 5) is 0. The van der Waals surface area contributed by atoms with E-state index in [2.05, 4.69) is 99.6 Å². The summed E-state index contributed by atoms with van der Waals surface area (Å²) in [6.07, 6.45) is 0. The van der Waals surface area contributed by atoms with Crippen LogP contribution in [0.2, 0.25) is 0 Å². The fourth-order valence-electron chi connectivity index (χ4n) is 2.72. The first-order valence-electron chi connectivity index (χ1n) is 8.03. The number of anilines is 2. The molecule has 0 heterocycles. The Bertz CT molecular complexity index is 1050. The van der Waals surface area contributed by atoms with Crippen LogP contribution >= 0.6 is 17.4 Å². The lowest BCUT2D eigenvalue weighted by molar-refractivity contribution is 1.70. The number of benzene rings is 4. The molecule has 0 aliphatic rings. The van der Waals surface area contributed by atoms with E-state index in [0.717, 1.165) is 19.9 Å². The van der Waals surface area contributed by atoms with Crippen molar-refractivity contribution in [3.8, 4) is 0 Å². The van der Waals surface area contributed by atoms with E-state index in [1.165, 1.54) is 21.5 Å². The van der Waals surface area contributed by atoms with Crippen LogP contribution in [-0.2, 0) is 0 Å². The van der Waals surface area contributed by atoms with E-state index in [-0.39, 0.29) is 0 Å². The zero-order valence-corrected chi connectivity index (χ0v) is 15.4. The van der Waals surface area contributed by atoms with Gasteiger partial charge in [-0.25, -0.2) is 4.52 Å². The molecule has 0 saturated heterocycles. The summed E-state index contributed by atoms with van der Waals surface area (Å²) in [6.45, 7) is 0. The average Bonchev–Trinajstić information content (AvgIpc) is 2.67. The summed E-state index contributed by atoms with van der Waals surface area (Å²) in [5, 5.41) is 11.7. The highest BCUT2D eigenvalue weighted by molar-refractivity contribution is 7.46. The topological polar surface area (TPSA) is 36.4 Å². The highest BCUT2D eigenvalue weighted by Crippen LogP contribution is 2.27. The molecule has 0 amide bonds. The summed E-state index contributed by atoms with van der Waals surface area (Å²) in [7, 11) is 1.16. The van der Waals surface area contributed by atoms with Gasteiger partial charge in [0.1, 0.15) is 17.4 Å². The molecular formula is C20H17N3P2. The van der Waals surface area contributed by atoms with Gasteiger partial charge in [-0.15, -0.1) is 0 Å². The quantitative estimate of drug-likeness (QED) is 0.373. The molecule has 0 saturated carbocycles. The normalized spacial score (nSPS) is 11.7. The van der Waals surface area contributed by atoms with Gasteiger partial charge in [0.15, 0.2) is 0 Å². The highest BCUT2D eigenvalue weighted by Gasteiger charge is 1.96. The van der Waals surface area contributed by atoms with Crippen LogP contribution in [-0.4, -0.2) is 0 Å². The lowest BCUT2D eigenvalue weighted by Gasteiger charge is -2.05. The van der Waals surface area contributed by atoms with Gasteiger partial charge >= 0.3 is 0 Å². The van der Waals surface area contributed by atoms with Crippen LogP contribution in [0.15, 0.2) is 89.4 Å². The SMILES string of the molecule is c1ccc2cc(NP=NPNc3ccc4ccccc4c3)ccc2c1. The van der Waals surface area contributed by atoms with E-state index in [9.17, 15) is 0 Å². The lowest BCUT2D eigenvalue weighted by atomic mass is 10.1. The van der Waals surface area contributed by atoms with Gasteiger partial charge in [-0.3, -0.25) is 0 Å². The van der Waals surface area contributed by atoms with Crippen LogP contribution in [0.3, 0.4) is 0 Å². The van der Waals surface area contributed by atoms with Crippen molar-refractivity contribution in [2.75, 3.05) is 10.2 Å². The van der Waals surface area contributed by atoms with Gasteiger partial charge in [0.25, 0.3) is 0 Å². The molecule has 0 aliphatic heterocycles. The van der Waals surface area contributed by atoms with Gasteiger partial charge in [-0.2, -0.15) is 0 Å². The summed E-state index contributed by atoms with van der Waals surface area (Å²) < 4.78 is 4.50. The summed E-state index contributed by atoms with van der Waals surface area (Å²) in [5.74, 6) is 0. The van der Waals surface area contributed by atoms with Crippen LogP contribution < -0.4 is 10.2 Å². The molecule has 0 fully saturated rings. The zero-order chi connectivity index (χ0) is 16.9. The van der Waals surface area contributed by atoms with Crippen molar-refractivity contribution in [1.82, 2.24) is 0 Å². The minimum atomic E-state index is 0.314. The third kappa shape index (κ3) is 3.96. The van der Waals surface area contributed by atoms with Gasteiger partial charge < -0.3 is 10.2 Å². The van der Waals surface area contributed by atoms with Crippen LogP contribution in [0.25, 0.3) is 21.5 Å². The van der Waals surface area contributed by atoms with Crippen molar-refractivity contribution >= 4 is 50.3 Å². The molecule has 122 valence electrons. The third-order valence-electron chi connectivity index (χ3n) is 3.98. The van der Waals surface area contributed by atoms with Crippen molar-refractivity contribution in [2.24, 2.45) is 4.52 Å². The van der Waals surface area contributed by atoms with Crippen molar-refractivity contribution in [1.29, 1.82) is 0 Å². The molecule has 4 rings (SSSR count). The van der Waals surface area contributed by atoms with Gasteiger partial charge in [0.05, 0.1) is 0 Å². The highest BCUT2D eigenvalue weighted by atomic mass is 31.1. The second kappa shape index (κ2) is 7.61. The predicted molar refractivity (Wildman–Crippen MR) is 113 cm³/mol. The van der Waals surface area contributed by atoms with Gasteiger partial charge in [0, 0.05) is 11.4 Å². The number of fused-ring (bicyclic) bond motifs is 2. The third-order valence-corrected chi connectivity index (χ3v) is 5.54. The van der Waals surface area contributed by atoms with Gasteiger partial charge in [0.2, 0.25) is 0 Å². The molecule has 1 unspecified atom stereocenters. The molecule has 4 aromatic rings. The van der Waals surface area contributed by atoms with Crippen molar-refractivity contribution < 1.29 is 0 Å². The zero-order valence-electron chi connectivity index (χ0n) is 13.5. The Balaban J connectivity index is 1.35. The number of hydrogen-bond acceptors (Lipinski definition) is 2. The van der Waals surface area contributed by atoms with E-state index in [1.54, 1.807) is 0 Å². The monoisotopic (exact) mass is 361 g/mol. The molecule has 0 aliphatic carbocycles. The van der Waals surface area contributed by atoms with Gasteiger partial charge in [-0.1, -0.05) is 60.7 Å². The first-order valence-corrected chi connectivity index (χ1v) is 9.82. The van der Waals surface area contributed by atoms with E-state index in [1.807, 2.05) is 0 Å². The van der Waals surface area contributed by atoms with Crippen LogP contribution in [0.1, 0.15) is 0 Å². The molecule has 5 heteroatoms. The van der Waals surface area contributed by atoms with E-state index in [0.29, 0.717) is 8.88 Å². The Morgan fingerprint density at radius 3 is 1.88 bits per heavy atom. The largest absolute Gasteiger partial charge is 0.348 e. The molecule has 25 heavy (non-hydrogen) atoms. The summed E-state index contributed by atoms with van der Waals surface area (Å²) in [5.41, 5.74) is 2.18. The van der Waals surface area contributed by atoms with Gasteiger partial charge in [-0.05, 0) is 45.8 Å². The maximum absolute atomic E-state index is 4.50. The second-order valence-electron chi connectivity index (χ2n) is 5.67. The molecule has 1 atom stereocenters. The maximum atomic E-state index is 4.50. The minimum Gasteiger partial charge on any atom is -0.348 e. The van der Waals surface area contributed by atoms with E-state index < -0.39 is 0 Å². The fourth-order valence-corrected chi connectivity index (χ4v) is 3.86. The molecule has 3 nitrogen and oxygen atoms in total. The average molecular weight is 361 g/mol. The van der Waals surface area contributed by atoms with E-state index in [4.69, 9.17) is 0 Å². The molecule has 0 spiro atoms. The Labute approximate surface area is 150 Å². The van der Waals surface area contributed by atoms with Crippen LogP contribution in [0.5, 0.6) is 0 Å². The van der Waals surface area contributed by atoms with Crippen LogP contribution in [0.4, 0.5) is 11.4 Å². The molecule has 4 aromatic carbocycles. The number of hydrogen-bond donors (Lipinski definition) is 2. The number of nitrogens with one attached hydrogen (secondary N) is 2. The predicted octanol–water partition coefficient (Wildman–Crippen LogP) is 7.07. The standard InChI is InChI=1S/C20H17N3P2/c1-3-7-17-13-19(11-9-15(17)5-1)21-24-23-25-22-20-12-10-16-6-2-4-8-18(16)14-20/h1-14,21,24H,(H,22,23). The fraction of sp³-hybridized carbons (Fsp3) is 0. The smallest absolute Gasteiger partial charge is 0.130 e. The summed E-state index contributed by atoms with van der Waals surface area (Å²) in [6, 6.07) is 29.5. The Morgan fingerprint density at radius 1 is 0.640 bits per heavy atom. The lowest BCUT2D eigenvalue weighted by Crippen LogP contribution is -1.82. The Hall–Kier alpha value is -2.47. The Kier molecular flexibility index (Phi) is 4.88. The van der Waals surface area contributed by atoms with E-state index >= 15 is 0 Å². The second-order valence-corrected chi connectivity index (χ2v) is 7.37. The number of nitrogens with zero attached hydrogens (tertiary/aromatic N) is 1. The molecule has 0 aromatic heterocycles. The molecule has 2 N–H and O–H groups in total. The summed E-state index contributed by atoms with van der Waals surface area (Å²) >= 11 is 0.